The maximum absolute atomic E-state index is 12.8. The summed E-state index contributed by atoms with van der Waals surface area (Å²) >= 11 is 0. The van der Waals surface area contributed by atoms with E-state index >= 15 is 0 Å². The van der Waals surface area contributed by atoms with Gasteiger partial charge in [0.05, 0.1) is 0 Å². The summed E-state index contributed by atoms with van der Waals surface area (Å²) < 4.78 is 16.8. The fraction of sp³-hybridized carbons (Fsp3) is 0.691. The molecule has 1 unspecified atom stereocenters. The third-order valence-electron chi connectivity index (χ3n) is 13.0. The Morgan fingerprint density at radius 2 is 0.527 bits per heavy atom. The smallest absolute Gasteiger partial charge is 0.306 e. The Morgan fingerprint density at radius 1 is 0.284 bits per heavy atom. The topological polar surface area (TPSA) is 78.9 Å². The summed E-state index contributed by atoms with van der Waals surface area (Å²) in [5, 5.41) is 0. The molecule has 0 N–H and O–H groups in total. The Kier molecular flexibility index (Phi) is 58.3. The van der Waals surface area contributed by atoms with Crippen LogP contribution in [0.2, 0.25) is 0 Å². The van der Waals surface area contributed by atoms with Crippen LogP contribution in [0.25, 0.3) is 0 Å². The molecule has 0 aliphatic carbocycles. The standard InChI is InChI=1S/C68H114O6/c1-4-7-10-13-16-19-21-23-25-27-29-30-31-32-33-34-35-36-37-38-40-41-43-45-47-49-52-55-58-61-67(70)73-64-65(63-72-66(69)60-57-54-51-18-15-12-9-6-3)74-68(71)62-59-56-53-50-48-46-44-42-39-28-26-24-22-20-17-14-11-8-5-2/h7-8,10-11,16-17,19-20,23-26,29-30,32-33,39,42,65H,4-6,9,12-15,18,21-22,27-28,31,34-38,40-41,43-64H2,1-3H3/b10-7-,11-8-,19-16-,20-17-,25-23-,26-24-,30-29-,33-32-,42-39-. The molecule has 0 bridgehead atoms. The van der Waals surface area contributed by atoms with Gasteiger partial charge in [-0.05, 0) is 103 Å². The van der Waals surface area contributed by atoms with E-state index in [1.165, 1.54) is 116 Å². The van der Waals surface area contributed by atoms with Gasteiger partial charge in [0.1, 0.15) is 13.2 Å². The minimum Gasteiger partial charge on any atom is -0.462 e. The van der Waals surface area contributed by atoms with E-state index in [0.29, 0.717) is 19.3 Å². The average molecular weight is 1030 g/mol. The van der Waals surface area contributed by atoms with Crippen molar-refractivity contribution >= 4 is 17.9 Å². The van der Waals surface area contributed by atoms with E-state index in [1.807, 2.05) is 0 Å². The number of unbranched alkanes of at least 4 members (excludes halogenated alkanes) is 26. The van der Waals surface area contributed by atoms with Gasteiger partial charge in [-0.1, -0.05) is 271 Å². The van der Waals surface area contributed by atoms with Crippen molar-refractivity contribution in [2.45, 2.75) is 290 Å². The molecule has 0 fully saturated rings. The monoisotopic (exact) mass is 1030 g/mol. The number of ether oxygens (including phenoxy) is 3. The Balaban J connectivity index is 4.18. The number of rotatable bonds is 55. The number of esters is 3. The van der Waals surface area contributed by atoms with Gasteiger partial charge in [0.15, 0.2) is 6.10 Å². The van der Waals surface area contributed by atoms with Gasteiger partial charge in [0, 0.05) is 19.3 Å². The van der Waals surface area contributed by atoms with Crippen LogP contribution < -0.4 is 0 Å². The zero-order valence-corrected chi connectivity index (χ0v) is 48.3. The van der Waals surface area contributed by atoms with Crippen LogP contribution in [0.1, 0.15) is 284 Å². The minimum absolute atomic E-state index is 0.0828. The lowest BCUT2D eigenvalue weighted by Gasteiger charge is -2.18. The SMILES string of the molecule is CC/C=C\C/C=C\C/C=C\C/C=C\C/C=C\CCCCCCCCCCCCCCCC(=O)OCC(COC(=O)CCCCCCCCCC)OC(=O)CCCCCCCC/C=C\C/C=C\C/C=C\C/C=C\CC. The van der Waals surface area contributed by atoms with Gasteiger partial charge < -0.3 is 14.2 Å². The lowest BCUT2D eigenvalue weighted by Crippen LogP contribution is -2.30. The van der Waals surface area contributed by atoms with Crippen molar-refractivity contribution in [2.75, 3.05) is 13.2 Å². The molecule has 0 aromatic carbocycles. The van der Waals surface area contributed by atoms with E-state index in [0.717, 1.165) is 128 Å². The summed E-state index contributed by atoms with van der Waals surface area (Å²) in [7, 11) is 0. The maximum atomic E-state index is 12.8. The molecule has 0 heterocycles. The van der Waals surface area contributed by atoms with E-state index < -0.39 is 6.10 Å². The predicted octanol–water partition coefficient (Wildman–Crippen LogP) is 21.0. The van der Waals surface area contributed by atoms with Crippen molar-refractivity contribution in [1.29, 1.82) is 0 Å². The van der Waals surface area contributed by atoms with E-state index in [1.54, 1.807) is 0 Å². The molecule has 0 aliphatic rings. The van der Waals surface area contributed by atoms with Crippen LogP contribution in [0.15, 0.2) is 109 Å². The van der Waals surface area contributed by atoms with Gasteiger partial charge in [0.2, 0.25) is 0 Å². The highest BCUT2D eigenvalue weighted by Gasteiger charge is 2.19. The Hall–Kier alpha value is -3.93. The Labute approximate surface area is 457 Å². The second-order valence-corrected chi connectivity index (χ2v) is 20.2. The lowest BCUT2D eigenvalue weighted by atomic mass is 10.0. The van der Waals surface area contributed by atoms with Crippen molar-refractivity contribution in [3.8, 4) is 0 Å². The molecule has 0 saturated carbocycles. The molecule has 6 heteroatoms. The first-order valence-electron chi connectivity index (χ1n) is 30.9. The first-order valence-corrected chi connectivity index (χ1v) is 30.9. The number of carbonyl (C=O) groups is 3. The number of carbonyl (C=O) groups excluding carboxylic acids is 3. The Bertz CT molecular complexity index is 1510. The van der Waals surface area contributed by atoms with Gasteiger partial charge in [-0.2, -0.15) is 0 Å². The van der Waals surface area contributed by atoms with Crippen molar-refractivity contribution in [3.05, 3.63) is 109 Å². The predicted molar refractivity (Wildman–Crippen MR) is 320 cm³/mol. The molecular formula is C68H114O6. The van der Waals surface area contributed by atoms with E-state index in [9.17, 15) is 14.4 Å². The molecule has 0 spiro atoms. The first-order chi connectivity index (χ1) is 36.5. The van der Waals surface area contributed by atoms with Crippen LogP contribution >= 0.6 is 0 Å². The van der Waals surface area contributed by atoms with Gasteiger partial charge in [-0.3, -0.25) is 14.4 Å². The van der Waals surface area contributed by atoms with Crippen LogP contribution in [0.5, 0.6) is 0 Å². The van der Waals surface area contributed by atoms with Gasteiger partial charge in [-0.15, -0.1) is 0 Å². The fourth-order valence-corrected chi connectivity index (χ4v) is 8.46. The van der Waals surface area contributed by atoms with Crippen LogP contribution in [0.4, 0.5) is 0 Å². The molecular weight excluding hydrogens is 913 g/mol. The zero-order valence-electron chi connectivity index (χ0n) is 48.3. The summed E-state index contributed by atoms with van der Waals surface area (Å²) in [5.74, 6) is -0.898. The van der Waals surface area contributed by atoms with E-state index in [4.69, 9.17) is 14.2 Å². The molecule has 422 valence electrons. The molecule has 74 heavy (non-hydrogen) atoms. The molecule has 0 radical (unpaired) electrons. The van der Waals surface area contributed by atoms with Crippen molar-refractivity contribution < 1.29 is 28.6 Å². The first kappa shape index (κ1) is 70.1. The second-order valence-electron chi connectivity index (χ2n) is 20.2. The Morgan fingerprint density at radius 3 is 0.824 bits per heavy atom. The largest absolute Gasteiger partial charge is 0.462 e. The molecule has 0 aromatic rings. The summed E-state index contributed by atoms with van der Waals surface area (Å²) in [6.45, 7) is 6.38. The molecule has 0 aromatic heterocycles. The summed E-state index contributed by atoms with van der Waals surface area (Å²) in [4.78, 5) is 38.1. The zero-order chi connectivity index (χ0) is 53.6. The van der Waals surface area contributed by atoms with Crippen LogP contribution in [0, 0.1) is 0 Å². The number of allylic oxidation sites excluding steroid dienone is 18. The van der Waals surface area contributed by atoms with Gasteiger partial charge in [-0.25, -0.2) is 0 Å². The molecule has 0 aliphatic heterocycles. The number of hydrogen-bond donors (Lipinski definition) is 0. The highest BCUT2D eigenvalue weighted by atomic mass is 16.6. The lowest BCUT2D eigenvalue weighted by molar-refractivity contribution is -0.167. The summed E-state index contributed by atoms with van der Waals surface area (Å²) in [5.41, 5.74) is 0. The highest BCUT2D eigenvalue weighted by Crippen LogP contribution is 2.16. The maximum Gasteiger partial charge on any atom is 0.306 e. The van der Waals surface area contributed by atoms with Crippen molar-refractivity contribution in [1.82, 2.24) is 0 Å². The highest BCUT2D eigenvalue weighted by molar-refractivity contribution is 5.71. The summed E-state index contributed by atoms with van der Waals surface area (Å²) in [6, 6.07) is 0. The third-order valence-corrected chi connectivity index (χ3v) is 13.0. The molecule has 0 amide bonds. The minimum atomic E-state index is -0.785. The second kappa shape index (κ2) is 61.6. The molecule has 0 saturated heterocycles. The van der Waals surface area contributed by atoms with Crippen LogP contribution in [-0.2, 0) is 28.6 Å². The third kappa shape index (κ3) is 59.0. The molecule has 1 atom stereocenters. The molecule has 0 rings (SSSR count). The van der Waals surface area contributed by atoms with E-state index in [-0.39, 0.29) is 31.1 Å². The average Bonchev–Trinajstić information content (AvgIpc) is 3.40. The van der Waals surface area contributed by atoms with Crippen molar-refractivity contribution in [2.24, 2.45) is 0 Å². The quantitative estimate of drug-likeness (QED) is 0.0261. The van der Waals surface area contributed by atoms with Crippen molar-refractivity contribution in [3.63, 3.8) is 0 Å². The molecule has 6 nitrogen and oxygen atoms in total. The summed E-state index contributed by atoms with van der Waals surface area (Å²) in [6.07, 6.45) is 83.9. The number of hydrogen-bond acceptors (Lipinski definition) is 6. The van der Waals surface area contributed by atoms with Gasteiger partial charge in [0.25, 0.3) is 0 Å². The van der Waals surface area contributed by atoms with Crippen LogP contribution in [0.3, 0.4) is 0 Å². The van der Waals surface area contributed by atoms with Gasteiger partial charge >= 0.3 is 17.9 Å². The fourth-order valence-electron chi connectivity index (χ4n) is 8.46. The van der Waals surface area contributed by atoms with E-state index in [2.05, 4.69) is 130 Å². The van der Waals surface area contributed by atoms with Crippen LogP contribution in [-0.4, -0.2) is 37.2 Å². The normalized spacial score (nSPS) is 12.9.